The predicted molar refractivity (Wildman–Crippen MR) is 70.5 cm³/mol. The van der Waals surface area contributed by atoms with Crippen LogP contribution in [-0.4, -0.2) is 21.7 Å². The molecule has 0 aliphatic heterocycles. The van der Waals surface area contributed by atoms with Gasteiger partial charge >= 0.3 is 6.09 Å². The summed E-state index contributed by atoms with van der Waals surface area (Å²) in [6, 6.07) is -0.250. The van der Waals surface area contributed by atoms with Crippen molar-refractivity contribution in [3.05, 3.63) is 24.0 Å². The van der Waals surface area contributed by atoms with E-state index < -0.39 is 17.5 Å². The zero-order valence-electron chi connectivity index (χ0n) is 11.2. The molecule has 1 amide bonds. The third-order valence-electron chi connectivity index (χ3n) is 1.80. The molecule has 1 aromatic rings. The van der Waals surface area contributed by atoms with Gasteiger partial charge in [-0.3, -0.25) is 4.72 Å². The Morgan fingerprint density at radius 1 is 1.42 bits per heavy atom. The molecule has 1 atom stereocenters. The summed E-state index contributed by atoms with van der Waals surface area (Å²) < 4.78 is 23.0. The maximum atomic E-state index is 12.6. The Hall–Kier alpha value is -1.41. The minimum absolute atomic E-state index is 0.250. The highest BCUT2D eigenvalue weighted by Gasteiger charge is 2.16. The molecular formula is C11H17FN4O2S. The zero-order valence-corrected chi connectivity index (χ0v) is 12.0. The van der Waals surface area contributed by atoms with Crippen molar-refractivity contribution in [3.8, 4) is 0 Å². The maximum absolute atomic E-state index is 12.6. The number of hydrogen-bond donors (Lipinski definition) is 2. The predicted octanol–water partition coefficient (Wildman–Crippen LogP) is 2.35. The highest BCUT2D eigenvalue weighted by Crippen LogP contribution is 2.10. The van der Waals surface area contributed by atoms with E-state index in [0.29, 0.717) is 5.82 Å². The van der Waals surface area contributed by atoms with Gasteiger partial charge in [-0.2, -0.15) is 0 Å². The van der Waals surface area contributed by atoms with Gasteiger partial charge in [0, 0.05) is 12.1 Å². The molecule has 19 heavy (non-hydrogen) atoms. The number of carbonyl (C=O) groups is 1. The average molecular weight is 288 g/mol. The molecule has 0 radical (unpaired) electrons. The Bertz CT molecular complexity index is 422. The lowest BCUT2D eigenvalue weighted by molar-refractivity contribution is 0.0574. The van der Waals surface area contributed by atoms with Gasteiger partial charge in [-0.15, -0.1) is 0 Å². The number of ether oxygens (including phenoxy) is 1. The summed E-state index contributed by atoms with van der Waals surface area (Å²) in [4.78, 5) is 19.0. The summed E-state index contributed by atoms with van der Waals surface area (Å²) >= 11 is 0.961. The number of amides is 1. The Morgan fingerprint density at radius 2 is 2.00 bits per heavy atom. The Morgan fingerprint density at radius 3 is 2.53 bits per heavy atom. The van der Waals surface area contributed by atoms with E-state index in [1.807, 2.05) is 0 Å². The fourth-order valence-corrected chi connectivity index (χ4v) is 1.52. The number of rotatable bonds is 4. The van der Waals surface area contributed by atoms with Gasteiger partial charge in [-0.25, -0.2) is 23.9 Å². The second kappa shape index (κ2) is 6.67. The van der Waals surface area contributed by atoms with Gasteiger partial charge in [0.05, 0.1) is 18.4 Å². The molecule has 1 aromatic heterocycles. The molecular weight excluding hydrogens is 271 g/mol. The van der Waals surface area contributed by atoms with E-state index in [4.69, 9.17) is 4.74 Å². The van der Waals surface area contributed by atoms with Crippen LogP contribution in [0.15, 0.2) is 12.4 Å². The Labute approximate surface area is 115 Å². The molecule has 2 N–H and O–H groups in total. The number of aromatic nitrogens is 2. The first kappa shape index (κ1) is 15.6. The quantitative estimate of drug-likeness (QED) is 0.828. The largest absolute Gasteiger partial charge is 0.443 e. The van der Waals surface area contributed by atoms with E-state index >= 15 is 0 Å². The third kappa shape index (κ3) is 6.35. The SMILES string of the molecule is CC(NSNC(=O)OC(C)(C)C)c1ncc(F)cn1. The van der Waals surface area contributed by atoms with E-state index in [2.05, 4.69) is 19.4 Å². The highest BCUT2D eigenvalue weighted by molar-refractivity contribution is 7.96. The summed E-state index contributed by atoms with van der Waals surface area (Å²) in [6.45, 7) is 7.12. The minimum Gasteiger partial charge on any atom is -0.443 e. The van der Waals surface area contributed by atoms with Crippen LogP contribution in [0.1, 0.15) is 39.6 Å². The summed E-state index contributed by atoms with van der Waals surface area (Å²) in [7, 11) is 0. The molecule has 0 saturated heterocycles. The van der Waals surface area contributed by atoms with Gasteiger partial charge in [0.2, 0.25) is 0 Å². The van der Waals surface area contributed by atoms with Crippen LogP contribution < -0.4 is 9.44 Å². The zero-order chi connectivity index (χ0) is 14.5. The number of nitrogens with zero attached hydrogens (tertiary/aromatic N) is 2. The maximum Gasteiger partial charge on any atom is 0.418 e. The fourth-order valence-electron chi connectivity index (χ4n) is 1.06. The van der Waals surface area contributed by atoms with Crippen LogP contribution in [0.4, 0.5) is 9.18 Å². The fraction of sp³-hybridized carbons (Fsp3) is 0.545. The Kier molecular flexibility index (Phi) is 5.49. The van der Waals surface area contributed by atoms with Crippen molar-refractivity contribution in [2.24, 2.45) is 0 Å². The van der Waals surface area contributed by atoms with E-state index in [9.17, 15) is 9.18 Å². The lowest BCUT2D eigenvalue weighted by Gasteiger charge is -2.19. The van der Waals surface area contributed by atoms with Crippen molar-refractivity contribution in [1.29, 1.82) is 0 Å². The molecule has 1 heterocycles. The summed E-state index contributed by atoms with van der Waals surface area (Å²) in [5, 5.41) is 0. The van der Waals surface area contributed by atoms with Crippen molar-refractivity contribution in [2.75, 3.05) is 0 Å². The first-order valence-corrected chi connectivity index (χ1v) is 6.47. The number of nitrogens with one attached hydrogen (secondary N) is 2. The summed E-state index contributed by atoms with van der Waals surface area (Å²) in [6.07, 6.45) is 1.64. The second-order valence-electron chi connectivity index (χ2n) is 4.81. The molecule has 0 aromatic carbocycles. The van der Waals surface area contributed by atoms with Crippen LogP contribution in [0.3, 0.4) is 0 Å². The van der Waals surface area contributed by atoms with Crippen LogP contribution in [0, 0.1) is 5.82 Å². The Balaban J connectivity index is 2.33. The van der Waals surface area contributed by atoms with E-state index in [1.54, 1.807) is 27.7 Å². The monoisotopic (exact) mass is 288 g/mol. The van der Waals surface area contributed by atoms with Crippen molar-refractivity contribution in [2.45, 2.75) is 39.3 Å². The van der Waals surface area contributed by atoms with Gasteiger partial charge in [0.15, 0.2) is 5.82 Å². The van der Waals surface area contributed by atoms with Crippen LogP contribution in [0.5, 0.6) is 0 Å². The third-order valence-corrected chi connectivity index (χ3v) is 2.54. The van der Waals surface area contributed by atoms with Gasteiger partial charge < -0.3 is 4.74 Å². The molecule has 106 valence electrons. The molecule has 8 heteroatoms. The second-order valence-corrected chi connectivity index (χ2v) is 5.45. The highest BCUT2D eigenvalue weighted by atomic mass is 32.2. The van der Waals surface area contributed by atoms with Gasteiger partial charge in [0.25, 0.3) is 0 Å². The molecule has 0 spiro atoms. The first-order chi connectivity index (χ1) is 8.78. The summed E-state index contributed by atoms with van der Waals surface area (Å²) in [5.74, 6) is -0.0598. The van der Waals surface area contributed by atoms with Gasteiger partial charge in [-0.05, 0) is 27.7 Å². The topological polar surface area (TPSA) is 76.1 Å². The lowest BCUT2D eigenvalue weighted by Crippen LogP contribution is -2.31. The van der Waals surface area contributed by atoms with Gasteiger partial charge in [-0.1, -0.05) is 0 Å². The van der Waals surface area contributed by atoms with Crippen LogP contribution in [-0.2, 0) is 4.74 Å². The van der Waals surface area contributed by atoms with Crippen LogP contribution in [0.25, 0.3) is 0 Å². The van der Waals surface area contributed by atoms with Crippen molar-refractivity contribution >= 4 is 18.2 Å². The van der Waals surface area contributed by atoms with Crippen molar-refractivity contribution in [1.82, 2.24) is 19.4 Å². The molecule has 0 bridgehead atoms. The number of carbonyl (C=O) groups excluding carboxylic acids is 1. The van der Waals surface area contributed by atoms with Crippen LogP contribution >= 0.6 is 12.1 Å². The average Bonchev–Trinajstić information content (AvgIpc) is 2.27. The number of halogens is 1. The van der Waals surface area contributed by atoms with E-state index in [0.717, 1.165) is 24.5 Å². The normalized spacial score (nSPS) is 12.9. The standard InChI is InChI=1S/C11H17FN4O2S/c1-7(9-13-5-8(12)6-14-9)15-19-16-10(17)18-11(2,3)4/h5-7,15H,1-4H3,(H,16,17). The van der Waals surface area contributed by atoms with Crippen molar-refractivity contribution in [3.63, 3.8) is 0 Å². The molecule has 0 saturated carbocycles. The molecule has 1 unspecified atom stereocenters. The molecule has 6 nitrogen and oxygen atoms in total. The van der Waals surface area contributed by atoms with E-state index in [-0.39, 0.29) is 6.04 Å². The molecule has 0 aliphatic rings. The molecule has 0 fully saturated rings. The first-order valence-electron chi connectivity index (χ1n) is 5.66. The molecule has 0 aliphatic carbocycles. The van der Waals surface area contributed by atoms with E-state index in [1.165, 1.54) is 0 Å². The number of hydrogen-bond acceptors (Lipinski definition) is 6. The van der Waals surface area contributed by atoms with Crippen molar-refractivity contribution < 1.29 is 13.9 Å². The molecule has 1 rings (SSSR count). The minimum atomic E-state index is -0.545. The van der Waals surface area contributed by atoms with Crippen LogP contribution in [0.2, 0.25) is 0 Å². The van der Waals surface area contributed by atoms with Gasteiger partial charge in [0.1, 0.15) is 11.4 Å². The smallest absolute Gasteiger partial charge is 0.418 e. The lowest BCUT2D eigenvalue weighted by atomic mass is 10.2. The summed E-state index contributed by atoms with van der Waals surface area (Å²) in [5.41, 5.74) is -0.545.